The predicted molar refractivity (Wildman–Crippen MR) is 108 cm³/mol. The molecule has 6 nitrogen and oxygen atoms in total. The lowest BCUT2D eigenvalue weighted by molar-refractivity contribution is -0.122. The third-order valence-electron chi connectivity index (χ3n) is 4.81. The van der Waals surface area contributed by atoms with Gasteiger partial charge in [-0.1, -0.05) is 12.1 Å². The molecule has 1 amide bonds. The SMILES string of the molecule is CCNC(=NCc1ccc(C)cc1OCC1CC1)NCCNC(=O)C1CC1. The van der Waals surface area contributed by atoms with Gasteiger partial charge < -0.3 is 20.7 Å². The molecule has 0 aliphatic heterocycles. The molecule has 2 aliphatic carbocycles. The Morgan fingerprint density at radius 2 is 1.93 bits per heavy atom. The maximum absolute atomic E-state index is 11.7. The van der Waals surface area contributed by atoms with Crippen molar-refractivity contribution in [3.05, 3.63) is 29.3 Å². The van der Waals surface area contributed by atoms with Crippen molar-refractivity contribution < 1.29 is 9.53 Å². The number of benzene rings is 1. The molecular weight excluding hydrogens is 340 g/mol. The molecule has 0 saturated heterocycles. The normalized spacial score (nSPS) is 16.7. The molecule has 148 valence electrons. The summed E-state index contributed by atoms with van der Waals surface area (Å²) >= 11 is 0. The lowest BCUT2D eigenvalue weighted by atomic mass is 10.1. The topological polar surface area (TPSA) is 74.8 Å². The van der Waals surface area contributed by atoms with Crippen molar-refractivity contribution in [1.29, 1.82) is 0 Å². The fraction of sp³-hybridized carbons (Fsp3) is 0.619. The second-order valence-corrected chi connectivity index (χ2v) is 7.55. The number of hydrogen-bond acceptors (Lipinski definition) is 3. The summed E-state index contributed by atoms with van der Waals surface area (Å²) in [5, 5.41) is 9.49. The van der Waals surface area contributed by atoms with Crippen LogP contribution in [0.2, 0.25) is 0 Å². The van der Waals surface area contributed by atoms with Crippen molar-refractivity contribution in [3.63, 3.8) is 0 Å². The molecule has 0 bridgehead atoms. The van der Waals surface area contributed by atoms with E-state index in [0.717, 1.165) is 49.2 Å². The van der Waals surface area contributed by atoms with Gasteiger partial charge in [0.25, 0.3) is 0 Å². The van der Waals surface area contributed by atoms with Crippen LogP contribution < -0.4 is 20.7 Å². The molecule has 0 aromatic heterocycles. The molecule has 0 radical (unpaired) electrons. The average molecular weight is 373 g/mol. The third kappa shape index (κ3) is 6.77. The summed E-state index contributed by atoms with van der Waals surface area (Å²) in [7, 11) is 0. The van der Waals surface area contributed by atoms with Crippen LogP contribution in [0.5, 0.6) is 5.75 Å². The number of amides is 1. The number of rotatable bonds is 10. The summed E-state index contributed by atoms with van der Waals surface area (Å²) in [5.74, 6) is 2.86. The Labute approximate surface area is 162 Å². The molecule has 2 saturated carbocycles. The first kappa shape index (κ1) is 19.5. The number of guanidine groups is 1. The van der Waals surface area contributed by atoms with Crippen molar-refractivity contribution in [2.45, 2.75) is 46.1 Å². The summed E-state index contributed by atoms with van der Waals surface area (Å²) in [6, 6.07) is 6.30. The zero-order valence-corrected chi connectivity index (χ0v) is 16.5. The Morgan fingerprint density at radius 3 is 2.63 bits per heavy atom. The highest BCUT2D eigenvalue weighted by Gasteiger charge is 2.29. The van der Waals surface area contributed by atoms with E-state index in [1.165, 1.54) is 18.4 Å². The summed E-state index contributed by atoms with van der Waals surface area (Å²) in [5.41, 5.74) is 2.30. The zero-order valence-electron chi connectivity index (χ0n) is 16.5. The van der Waals surface area contributed by atoms with Crippen LogP contribution in [0.25, 0.3) is 0 Å². The smallest absolute Gasteiger partial charge is 0.223 e. The number of ether oxygens (including phenoxy) is 1. The van der Waals surface area contributed by atoms with Gasteiger partial charge in [0.05, 0.1) is 13.2 Å². The fourth-order valence-electron chi connectivity index (χ4n) is 2.78. The van der Waals surface area contributed by atoms with Gasteiger partial charge in [0.1, 0.15) is 5.75 Å². The van der Waals surface area contributed by atoms with Gasteiger partial charge in [-0.3, -0.25) is 4.79 Å². The number of carbonyl (C=O) groups excluding carboxylic acids is 1. The lowest BCUT2D eigenvalue weighted by Crippen LogP contribution is -2.41. The van der Waals surface area contributed by atoms with Crippen molar-refractivity contribution >= 4 is 11.9 Å². The van der Waals surface area contributed by atoms with E-state index in [4.69, 9.17) is 4.74 Å². The third-order valence-corrected chi connectivity index (χ3v) is 4.81. The van der Waals surface area contributed by atoms with E-state index in [0.29, 0.717) is 19.6 Å². The first-order valence-corrected chi connectivity index (χ1v) is 10.2. The summed E-state index contributed by atoms with van der Waals surface area (Å²) in [6.45, 7) is 7.55. The number of aliphatic imine (C=N–C) groups is 1. The van der Waals surface area contributed by atoms with Crippen LogP contribution in [0.3, 0.4) is 0 Å². The molecule has 2 fully saturated rings. The van der Waals surface area contributed by atoms with Crippen molar-refractivity contribution in [1.82, 2.24) is 16.0 Å². The van der Waals surface area contributed by atoms with Gasteiger partial charge in [-0.25, -0.2) is 4.99 Å². The summed E-state index contributed by atoms with van der Waals surface area (Å²) in [4.78, 5) is 16.3. The van der Waals surface area contributed by atoms with E-state index >= 15 is 0 Å². The first-order chi connectivity index (χ1) is 13.2. The van der Waals surface area contributed by atoms with Gasteiger partial charge in [-0.2, -0.15) is 0 Å². The largest absolute Gasteiger partial charge is 0.493 e. The molecule has 1 aromatic rings. The van der Waals surface area contributed by atoms with Gasteiger partial charge in [0.15, 0.2) is 5.96 Å². The maximum Gasteiger partial charge on any atom is 0.223 e. The standard InChI is InChI=1S/C21H32N4O2/c1-3-22-21(24-11-10-23-20(26)17-8-9-17)25-13-18-7-4-15(2)12-19(18)27-14-16-5-6-16/h4,7,12,16-17H,3,5-6,8-11,13-14H2,1-2H3,(H,23,26)(H2,22,24,25). The molecule has 0 atom stereocenters. The van der Waals surface area contributed by atoms with Crippen molar-refractivity contribution in [2.75, 3.05) is 26.2 Å². The lowest BCUT2D eigenvalue weighted by Gasteiger charge is -2.14. The second kappa shape index (κ2) is 9.62. The van der Waals surface area contributed by atoms with Crippen LogP contribution in [-0.2, 0) is 11.3 Å². The average Bonchev–Trinajstić information content (AvgIpc) is 3.55. The minimum Gasteiger partial charge on any atom is -0.493 e. The molecule has 27 heavy (non-hydrogen) atoms. The van der Waals surface area contributed by atoms with Gasteiger partial charge >= 0.3 is 0 Å². The summed E-state index contributed by atoms with van der Waals surface area (Å²) < 4.78 is 6.03. The number of carbonyl (C=O) groups is 1. The monoisotopic (exact) mass is 372 g/mol. The van der Waals surface area contributed by atoms with Crippen molar-refractivity contribution in [3.8, 4) is 5.75 Å². The molecule has 0 heterocycles. The second-order valence-electron chi connectivity index (χ2n) is 7.55. The van der Waals surface area contributed by atoms with Crippen molar-refractivity contribution in [2.24, 2.45) is 16.8 Å². The predicted octanol–water partition coefficient (Wildman–Crippen LogP) is 2.37. The Morgan fingerprint density at radius 1 is 1.15 bits per heavy atom. The Bertz CT molecular complexity index is 666. The van der Waals surface area contributed by atoms with Gasteiger partial charge in [-0.05, 0) is 57.1 Å². The molecule has 1 aromatic carbocycles. The van der Waals surface area contributed by atoms with Gasteiger partial charge in [-0.15, -0.1) is 0 Å². The molecule has 2 aliphatic rings. The number of hydrogen-bond donors (Lipinski definition) is 3. The zero-order chi connectivity index (χ0) is 19.1. The molecule has 0 spiro atoms. The number of aryl methyl sites for hydroxylation is 1. The van der Waals surface area contributed by atoms with Crippen LogP contribution >= 0.6 is 0 Å². The Kier molecular flexibility index (Phi) is 6.96. The van der Waals surface area contributed by atoms with Crippen LogP contribution in [0.15, 0.2) is 23.2 Å². The van der Waals surface area contributed by atoms with E-state index in [2.05, 4.69) is 46.1 Å². The molecule has 3 N–H and O–H groups in total. The first-order valence-electron chi connectivity index (χ1n) is 10.2. The van der Waals surface area contributed by atoms with E-state index < -0.39 is 0 Å². The molecule has 6 heteroatoms. The Hall–Kier alpha value is -2.24. The van der Waals surface area contributed by atoms with E-state index in [9.17, 15) is 4.79 Å². The minimum absolute atomic E-state index is 0.177. The molecule has 3 rings (SSSR count). The highest BCUT2D eigenvalue weighted by atomic mass is 16.5. The highest BCUT2D eigenvalue weighted by molar-refractivity contribution is 5.81. The minimum atomic E-state index is 0.177. The quantitative estimate of drug-likeness (QED) is 0.335. The molecular formula is C21H32N4O2. The van der Waals surface area contributed by atoms with Crippen LogP contribution in [0.4, 0.5) is 0 Å². The van der Waals surface area contributed by atoms with Gasteiger partial charge in [0, 0.05) is 31.1 Å². The van der Waals surface area contributed by atoms with Crippen LogP contribution in [0.1, 0.15) is 43.7 Å². The Balaban J connectivity index is 1.51. The molecule has 0 unspecified atom stereocenters. The fourth-order valence-corrected chi connectivity index (χ4v) is 2.78. The van der Waals surface area contributed by atoms with Crippen LogP contribution in [-0.4, -0.2) is 38.1 Å². The van der Waals surface area contributed by atoms with Gasteiger partial charge in [0.2, 0.25) is 5.91 Å². The van der Waals surface area contributed by atoms with E-state index in [1.807, 2.05) is 6.92 Å². The number of nitrogens with one attached hydrogen (secondary N) is 3. The van der Waals surface area contributed by atoms with E-state index in [-0.39, 0.29) is 11.8 Å². The number of nitrogens with zero attached hydrogens (tertiary/aromatic N) is 1. The summed E-state index contributed by atoms with van der Waals surface area (Å²) in [6.07, 6.45) is 4.63. The highest BCUT2D eigenvalue weighted by Crippen LogP contribution is 2.31. The van der Waals surface area contributed by atoms with E-state index in [1.54, 1.807) is 0 Å². The maximum atomic E-state index is 11.7. The van der Waals surface area contributed by atoms with Crippen LogP contribution in [0, 0.1) is 18.8 Å².